The fourth-order valence-electron chi connectivity index (χ4n) is 0.437. The average molecular weight is 236 g/mol. The minimum atomic E-state index is -5.38. The van der Waals surface area contributed by atoms with Crippen LogP contribution in [0.25, 0.3) is 0 Å². The van der Waals surface area contributed by atoms with Gasteiger partial charge in [0.15, 0.2) is 0 Å². The number of sulfonamides is 1. The van der Waals surface area contributed by atoms with E-state index in [1.165, 1.54) is 4.72 Å². The predicted molar refractivity (Wildman–Crippen MR) is 39.0 cm³/mol. The molecular formula is C4H7F3N2O4S. The largest absolute Gasteiger partial charge is 0.511 e. The van der Waals surface area contributed by atoms with Gasteiger partial charge in [-0.2, -0.15) is 13.2 Å². The Morgan fingerprint density at radius 2 is 1.79 bits per heavy atom. The minimum Gasteiger partial charge on any atom is -0.465 e. The second kappa shape index (κ2) is 4.46. The van der Waals surface area contributed by atoms with Crippen molar-refractivity contribution >= 4 is 16.1 Å². The summed E-state index contributed by atoms with van der Waals surface area (Å²) in [5.74, 6) is 0. The summed E-state index contributed by atoms with van der Waals surface area (Å²) in [6.45, 7) is -1.10. The van der Waals surface area contributed by atoms with E-state index in [0.717, 1.165) is 0 Å². The molecule has 0 spiro atoms. The number of hydrogen-bond acceptors (Lipinski definition) is 3. The molecule has 3 N–H and O–H groups in total. The molecule has 14 heavy (non-hydrogen) atoms. The molecule has 10 heteroatoms. The van der Waals surface area contributed by atoms with Gasteiger partial charge in [0, 0.05) is 13.1 Å². The molecule has 0 rings (SSSR count). The van der Waals surface area contributed by atoms with E-state index < -0.39 is 34.7 Å². The summed E-state index contributed by atoms with van der Waals surface area (Å²) in [6.07, 6.45) is -1.45. The molecule has 0 aliphatic heterocycles. The summed E-state index contributed by atoms with van der Waals surface area (Å²) in [4.78, 5) is 9.81. The highest BCUT2D eigenvalue weighted by Gasteiger charge is 2.45. The zero-order chi connectivity index (χ0) is 11.4. The van der Waals surface area contributed by atoms with Crippen molar-refractivity contribution in [3.8, 4) is 0 Å². The number of hydrogen-bond donors (Lipinski definition) is 3. The van der Waals surface area contributed by atoms with Crippen LogP contribution in [0.4, 0.5) is 18.0 Å². The maximum atomic E-state index is 11.6. The second-order valence-corrected chi connectivity index (χ2v) is 3.83. The van der Waals surface area contributed by atoms with E-state index in [-0.39, 0.29) is 0 Å². The molecule has 0 unspecified atom stereocenters. The van der Waals surface area contributed by atoms with Gasteiger partial charge in [-0.1, -0.05) is 0 Å². The van der Waals surface area contributed by atoms with Crippen molar-refractivity contribution in [3.05, 3.63) is 0 Å². The topological polar surface area (TPSA) is 95.5 Å². The number of amides is 1. The number of carbonyl (C=O) groups is 1. The third-order valence-corrected chi connectivity index (χ3v) is 2.19. The van der Waals surface area contributed by atoms with Crippen LogP contribution in [0, 0.1) is 0 Å². The number of carboxylic acid groups (broad SMARTS) is 1. The Bertz CT molecular complexity index is 298. The Balaban J connectivity index is 3.97. The minimum absolute atomic E-state index is 0.440. The van der Waals surface area contributed by atoms with Gasteiger partial charge in [0.2, 0.25) is 0 Å². The van der Waals surface area contributed by atoms with Gasteiger partial charge in [-0.15, -0.1) is 0 Å². The second-order valence-electron chi connectivity index (χ2n) is 2.08. The Labute approximate surface area is 77.1 Å². The van der Waals surface area contributed by atoms with Crippen molar-refractivity contribution in [2.75, 3.05) is 13.1 Å². The summed E-state index contributed by atoms with van der Waals surface area (Å²) in [6, 6.07) is 0. The molecule has 0 aromatic carbocycles. The zero-order valence-electron chi connectivity index (χ0n) is 6.63. The third-order valence-electron chi connectivity index (χ3n) is 0.998. The summed E-state index contributed by atoms with van der Waals surface area (Å²) in [5, 5.41) is 9.68. The lowest BCUT2D eigenvalue weighted by Gasteiger charge is -2.08. The fourth-order valence-corrected chi connectivity index (χ4v) is 0.971. The number of halogens is 3. The first-order valence-electron chi connectivity index (χ1n) is 3.19. The molecule has 6 nitrogen and oxygen atoms in total. The standard InChI is InChI=1S/C4H7F3N2O4S/c5-4(6,7)14(12,13)9-2-1-8-3(10)11/h8-9H,1-2H2,(H,10,11). The maximum absolute atomic E-state index is 11.6. The molecule has 0 aliphatic rings. The highest BCUT2D eigenvalue weighted by atomic mass is 32.2. The molecule has 0 aliphatic carbocycles. The molecule has 0 aromatic heterocycles. The highest BCUT2D eigenvalue weighted by molar-refractivity contribution is 7.90. The summed E-state index contributed by atoms with van der Waals surface area (Å²) < 4.78 is 56.6. The van der Waals surface area contributed by atoms with Gasteiger partial charge in [0.1, 0.15) is 0 Å². The fraction of sp³-hybridized carbons (Fsp3) is 0.750. The SMILES string of the molecule is O=C(O)NCCNS(=O)(=O)C(F)(F)F. The molecule has 0 bridgehead atoms. The molecule has 0 atom stereocenters. The Morgan fingerprint density at radius 1 is 1.29 bits per heavy atom. The van der Waals surface area contributed by atoms with Crippen molar-refractivity contribution in [2.45, 2.75) is 5.51 Å². The molecule has 0 saturated carbocycles. The molecule has 0 heterocycles. The van der Waals surface area contributed by atoms with Crippen LogP contribution < -0.4 is 10.0 Å². The van der Waals surface area contributed by atoms with Crippen LogP contribution in [0.2, 0.25) is 0 Å². The van der Waals surface area contributed by atoms with Crippen molar-refractivity contribution in [1.29, 1.82) is 0 Å². The lowest BCUT2D eigenvalue weighted by Crippen LogP contribution is -2.40. The van der Waals surface area contributed by atoms with Gasteiger partial charge in [0.05, 0.1) is 0 Å². The monoisotopic (exact) mass is 236 g/mol. The molecule has 84 valence electrons. The van der Waals surface area contributed by atoms with E-state index >= 15 is 0 Å². The summed E-state index contributed by atoms with van der Waals surface area (Å²) in [7, 11) is -5.38. The average Bonchev–Trinajstić information content (AvgIpc) is 1.95. The van der Waals surface area contributed by atoms with Crippen LogP contribution in [0.3, 0.4) is 0 Å². The van der Waals surface area contributed by atoms with Crippen LogP contribution in [0.1, 0.15) is 0 Å². The molecule has 1 amide bonds. The van der Waals surface area contributed by atoms with E-state index in [4.69, 9.17) is 5.11 Å². The summed E-state index contributed by atoms with van der Waals surface area (Å²) in [5.41, 5.74) is -5.38. The van der Waals surface area contributed by atoms with Gasteiger partial charge in [-0.05, 0) is 0 Å². The van der Waals surface area contributed by atoms with Gasteiger partial charge in [-0.25, -0.2) is 17.9 Å². The first kappa shape index (κ1) is 13.0. The lowest BCUT2D eigenvalue weighted by molar-refractivity contribution is -0.0447. The number of alkyl halides is 3. The van der Waals surface area contributed by atoms with Crippen molar-refractivity contribution < 1.29 is 31.5 Å². The maximum Gasteiger partial charge on any atom is 0.511 e. The van der Waals surface area contributed by atoms with Gasteiger partial charge in [-0.3, -0.25) is 0 Å². The molecule has 0 aromatic rings. The van der Waals surface area contributed by atoms with E-state index in [1.807, 2.05) is 0 Å². The van der Waals surface area contributed by atoms with Crippen molar-refractivity contribution in [1.82, 2.24) is 10.0 Å². The van der Waals surface area contributed by atoms with E-state index in [1.54, 1.807) is 5.32 Å². The van der Waals surface area contributed by atoms with Crippen molar-refractivity contribution in [3.63, 3.8) is 0 Å². The first-order chi connectivity index (χ1) is 6.17. The van der Waals surface area contributed by atoms with Crippen LogP contribution >= 0.6 is 0 Å². The van der Waals surface area contributed by atoms with Gasteiger partial charge in [0.25, 0.3) is 0 Å². The first-order valence-corrected chi connectivity index (χ1v) is 4.68. The zero-order valence-corrected chi connectivity index (χ0v) is 7.44. The Kier molecular flexibility index (Phi) is 4.13. The normalized spacial score (nSPS) is 12.5. The molecule has 0 fully saturated rings. The summed E-state index contributed by atoms with van der Waals surface area (Å²) >= 11 is 0. The smallest absolute Gasteiger partial charge is 0.465 e. The number of nitrogens with one attached hydrogen (secondary N) is 2. The van der Waals surface area contributed by atoms with E-state index in [9.17, 15) is 26.4 Å². The van der Waals surface area contributed by atoms with E-state index in [0.29, 0.717) is 0 Å². The highest BCUT2D eigenvalue weighted by Crippen LogP contribution is 2.20. The number of rotatable bonds is 4. The van der Waals surface area contributed by atoms with E-state index in [2.05, 4.69) is 0 Å². The molecule has 0 radical (unpaired) electrons. The van der Waals surface area contributed by atoms with Crippen LogP contribution in [-0.2, 0) is 10.0 Å². The quantitative estimate of drug-likeness (QED) is 0.583. The third kappa shape index (κ3) is 4.28. The van der Waals surface area contributed by atoms with Crippen LogP contribution in [0.15, 0.2) is 0 Å². The predicted octanol–water partition coefficient (Wildman–Crippen LogP) is -0.307. The van der Waals surface area contributed by atoms with Gasteiger partial charge < -0.3 is 10.4 Å². The lowest BCUT2D eigenvalue weighted by atomic mass is 10.7. The van der Waals surface area contributed by atoms with Crippen LogP contribution in [-0.4, -0.2) is 38.2 Å². The molecule has 0 saturated heterocycles. The van der Waals surface area contributed by atoms with Gasteiger partial charge >= 0.3 is 21.6 Å². The van der Waals surface area contributed by atoms with Crippen LogP contribution in [0.5, 0.6) is 0 Å². The Hall–Kier alpha value is -1.03. The van der Waals surface area contributed by atoms with Crippen molar-refractivity contribution in [2.24, 2.45) is 0 Å². The molecular weight excluding hydrogens is 229 g/mol. The Morgan fingerprint density at radius 3 is 2.14 bits per heavy atom.